The van der Waals surface area contributed by atoms with Gasteiger partial charge in [-0.15, -0.1) is 5.75 Å². The second-order valence-corrected chi connectivity index (χ2v) is 7.64. The molecule has 7 heteroatoms. The molecule has 0 saturated heterocycles. The van der Waals surface area contributed by atoms with E-state index < -0.39 is 11.6 Å². The topological polar surface area (TPSA) is 96.9 Å². The van der Waals surface area contributed by atoms with Gasteiger partial charge in [-0.2, -0.15) is 0 Å². The van der Waals surface area contributed by atoms with Crippen LogP contribution in [0.2, 0.25) is 0 Å². The Morgan fingerprint density at radius 2 is 1.88 bits per heavy atom. The smallest absolute Gasteiger partial charge is 0.340 e. The van der Waals surface area contributed by atoms with Crippen LogP contribution in [0.1, 0.15) is 46.5 Å². The molecule has 7 nitrogen and oxygen atoms in total. The highest BCUT2D eigenvalue weighted by Crippen LogP contribution is 2.58. The van der Waals surface area contributed by atoms with Gasteiger partial charge < -0.3 is 24.6 Å². The van der Waals surface area contributed by atoms with Gasteiger partial charge in [0.15, 0.2) is 5.60 Å². The summed E-state index contributed by atoms with van der Waals surface area (Å²) in [6.45, 7) is 3.84. The molecule has 3 aromatic carbocycles. The monoisotopic (exact) mass is 430 g/mol. The number of nitrogens with one attached hydrogen (secondary N) is 1. The van der Waals surface area contributed by atoms with E-state index in [1.165, 1.54) is 19.1 Å². The van der Waals surface area contributed by atoms with Crippen LogP contribution >= 0.6 is 0 Å². The summed E-state index contributed by atoms with van der Waals surface area (Å²) in [7, 11) is 0. The van der Waals surface area contributed by atoms with Crippen molar-refractivity contribution in [3.8, 4) is 23.0 Å². The molecule has 1 unspecified atom stereocenters. The van der Waals surface area contributed by atoms with Crippen LogP contribution in [0.3, 0.4) is 0 Å². The molecule has 5 rings (SSSR count). The Bertz CT molecular complexity index is 1270. The highest BCUT2D eigenvalue weighted by Gasteiger charge is 2.54. The van der Waals surface area contributed by atoms with E-state index in [4.69, 9.17) is 14.2 Å². The second-order valence-electron chi connectivity index (χ2n) is 7.64. The highest BCUT2D eigenvalue weighted by atomic mass is 16.6. The minimum Gasteiger partial charge on any atom is -0.872 e. The summed E-state index contributed by atoms with van der Waals surface area (Å²) in [5, 5.41) is 15.0. The van der Waals surface area contributed by atoms with E-state index in [0.717, 1.165) is 0 Å². The number of benzene rings is 3. The van der Waals surface area contributed by atoms with Gasteiger partial charge in [-0.1, -0.05) is 30.3 Å². The number of esters is 1. The number of hydrogen-bond acceptors (Lipinski definition) is 6. The van der Waals surface area contributed by atoms with Crippen LogP contribution < -0.4 is 19.9 Å². The summed E-state index contributed by atoms with van der Waals surface area (Å²) in [5.74, 6) is 0.330. The van der Waals surface area contributed by atoms with E-state index in [0.29, 0.717) is 51.7 Å². The molecule has 1 amide bonds. The molecule has 0 radical (unpaired) electrons. The maximum atomic E-state index is 12.9. The normalized spacial score (nSPS) is 17.6. The van der Waals surface area contributed by atoms with Crippen molar-refractivity contribution in [1.29, 1.82) is 0 Å². The van der Waals surface area contributed by atoms with Gasteiger partial charge in [0, 0.05) is 23.6 Å². The number of rotatable bonds is 4. The molecule has 1 spiro atoms. The van der Waals surface area contributed by atoms with Crippen molar-refractivity contribution in [3.63, 3.8) is 0 Å². The zero-order chi connectivity index (χ0) is 22.5. The molecule has 0 bridgehead atoms. The van der Waals surface area contributed by atoms with Crippen LogP contribution in [0.25, 0.3) is 0 Å². The summed E-state index contributed by atoms with van der Waals surface area (Å²) in [4.78, 5) is 24.5. The van der Waals surface area contributed by atoms with Gasteiger partial charge in [0.2, 0.25) is 5.91 Å². The molecule has 32 heavy (non-hydrogen) atoms. The summed E-state index contributed by atoms with van der Waals surface area (Å²) >= 11 is 0. The molecular formula is C25H20NO6-. The van der Waals surface area contributed by atoms with Gasteiger partial charge in [0.25, 0.3) is 0 Å². The molecule has 2 heterocycles. The summed E-state index contributed by atoms with van der Waals surface area (Å²) in [6.07, 6.45) is 0. The molecule has 0 aliphatic carbocycles. The number of amides is 1. The third-order valence-electron chi connectivity index (χ3n) is 5.73. The van der Waals surface area contributed by atoms with Crippen LogP contribution in [-0.4, -0.2) is 18.5 Å². The third-order valence-corrected chi connectivity index (χ3v) is 5.73. The lowest BCUT2D eigenvalue weighted by atomic mass is 9.77. The van der Waals surface area contributed by atoms with Crippen LogP contribution in [0.4, 0.5) is 0 Å². The lowest BCUT2D eigenvalue weighted by Gasteiger charge is -2.38. The second kappa shape index (κ2) is 7.30. The quantitative estimate of drug-likeness (QED) is 0.638. The van der Waals surface area contributed by atoms with Gasteiger partial charge in [-0.3, -0.25) is 4.79 Å². The molecule has 0 aromatic heterocycles. The van der Waals surface area contributed by atoms with Crippen molar-refractivity contribution in [2.45, 2.75) is 26.0 Å². The zero-order valence-electron chi connectivity index (χ0n) is 17.6. The Balaban J connectivity index is 1.82. The third kappa shape index (κ3) is 2.81. The summed E-state index contributed by atoms with van der Waals surface area (Å²) in [5.41, 5.74) is 1.61. The Labute approximate surface area is 184 Å². The van der Waals surface area contributed by atoms with Crippen molar-refractivity contribution < 1.29 is 28.9 Å². The minimum atomic E-state index is -1.28. The number of fused-ring (bicyclic) bond motifs is 6. The van der Waals surface area contributed by atoms with Crippen LogP contribution in [-0.2, 0) is 21.7 Å². The lowest BCUT2D eigenvalue weighted by molar-refractivity contribution is -0.268. The van der Waals surface area contributed by atoms with Crippen molar-refractivity contribution in [1.82, 2.24) is 5.32 Å². The number of carbonyl (C=O) groups is 2. The Morgan fingerprint density at radius 1 is 1.09 bits per heavy atom. The fourth-order valence-electron chi connectivity index (χ4n) is 4.42. The molecule has 2 aliphatic rings. The molecule has 1 atom stereocenters. The van der Waals surface area contributed by atoms with Gasteiger partial charge in [0.1, 0.15) is 17.2 Å². The molecule has 1 N–H and O–H groups in total. The van der Waals surface area contributed by atoms with Gasteiger partial charge in [-0.05, 0) is 31.2 Å². The Kier molecular flexibility index (Phi) is 4.55. The standard InChI is InChI=1S/C25H21NO6/c1-3-30-21-11-10-20-23(17(21)13-26-14(2)27)31-22-12-15(28)8-9-19(22)25(20)18-7-5-4-6-16(18)24(29)32-25/h4-12,28H,3,13H2,1-2H3,(H,26,27)/p-1. The molecule has 0 fully saturated rings. The van der Waals surface area contributed by atoms with E-state index in [2.05, 4.69) is 5.32 Å². The lowest BCUT2D eigenvalue weighted by Crippen LogP contribution is -2.34. The first kappa shape index (κ1) is 19.9. The highest BCUT2D eigenvalue weighted by molar-refractivity contribution is 5.97. The van der Waals surface area contributed by atoms with Gasteiger partial charge in [-0.25, -0.2) is 4.79 Å². The van der Waals surface area contributed by atoms with Crippen molar-refractivity contribution >= 4 is 11.9 Å². The number of ether oxygens (including phenoxy) is 3. The van der Waals surface area contributed by atoms with Crippen molar-refractivity contribution in [2.75, 3.05) is 6.61 Å². The first-order valence-corrected chi connectivity index (χ1v) is 10.3. The fraction of sp³-hybridized carbons (Fsp3) is 0.200. The first-order chi connectivity index (χ1) is 15.5. The average molecular weight is 430 g/mol. The molecule has 162 valence electrons. The van der Waals surface area contributed by atoms with E-state index in [1.54, 1.807) is 30.3 Å². The minimum absolute atomic E-state index is 0.145. The zero-order valence-corrected chi connectivity index (χ0v) is 17.6. The van der Waals surface area contributed by atoms with Crippen LogP contribution in [0.15, 0.2) is 54.6 Å². The molecule has 3 aromatic rings. The van der Waals surface area contributed by atoms with Crippen molar-refractivity contribution in [2.24, 2.45) is 0 Å². The molecule has 0 saturated carbocycles. The largest absolute Gasteiger partial charge is 0.872 e. The summed E-state index contributed by atoms with van der Waals surface area (Å²) in [6, 6.07) is 15.2. The Hall–Kier alpha value is -4.00. The number of carbonyl (C=O) groups excluding carboxylic acids is 2. The van der Waals surface area contributed by atoms with E-state index >= 15 is 0 Å². The molecular weight excluding hydrogens is 410 g/mol. The maximum absolute atomic E-state index is 12.9. The van der Waals surface area contributed by atoms with Gasteiger partial charge in [0.05, 0.1) is 24.3 Å². The van der Waals surface area contributed by atoms with E-state index in [1.807, 2.05) is 19.1 Å². The Morgan fingerprint density at radius 3 is 2.66 bits per heavy atom. The van der Waals surface area contributed by atoms with Crippen LogP contribution in [0, 0.1) is 0 Å². The van der Waals surface area contributed by atoms with E-state index in [9.17, 15) is 14.7 Å². The average Bonchev–Trinajstić information content (AvgIpc) is 3.06. The predicted molar refractivity (Wildman–Crippen MR) is 113 cm³/mol. The maximum Gasteiger partial charge on any atom is 0.340 e. The summed E-state index contributed by atoms with van der Waals surface area (Å²) < 4.78 is 18.1. The van der Waals surface area contributed by atoms with Crippen molar-refractivity contribution in [3.05, 3.63) is 82.4 Å². The van der Waals surface area contributed by atoms with E-state index in [-0.39, 0.29) is 18.2 Å². The number of hydrogen-bond donors (Lipinski definition) is 1. The van der Waals surface area contributed by atoms with Crippen LogP contribution in [0.5, 0.6) is 23.0 Å². The first-order valence-electron chi connectivity index (χ1n) is 10.3. The molecule has 2 aliphatic heterocycles. The SMILES string of the molecule is CCOc1ccc2c(c1CNC(C)=O)Oc1cc([O-])ccc1C21OC(=O)c2ccccc21. The van der Waals surface area contributed by atoms with Gasteiger partial charge >= 0.3 is 5.97 Å². The fourth-order valence-corrected chi connectivity index (χ4v) is 4.42. The predicted octanol–water partition coefficient (Wildman–Crippen LogP) is 3.36.